The molecule has 6 rings (SSSR count). The molecule has 5 aromatic rings. The van der Waals surface area contributed by atoms with Crippen molar-refractivity contribution in [2.24, 2.45) is 0 Å². The van der Waals surface area contributed by atoms with Gasteiger partial charge in [-0.2, -0.15) is 0 Å². The van der Waals surface area contributed by atoms with Gasteiger partial charge in [-0.25, -0.2) is 4.39 Å². The number of pyridine rings is 2. The summed E-state index contributed by atoms with van der Waals surface area (Å²) in [6.07, 6.45) is 5.44. The quantitative estimate of drug-likeness (QED) is 0.469. The number of aromatic amines is 1. The number of hydrogen-bond donors (Lipinski definition) is 1. The molecule has 29 heavy (non-hydrogen) atoms. The topological polar surface area (TPSA) is 67.8 Å². The van der Waals surface area contributed by atoms with Gasteiger partial charge in [0.2, 0.25) is 5.43 Å². The lowest BCUT2D eigenvalue weighted by atomic mass is 9.99. The minimum Gasteiger partial charge on any atom is -0.328 e. The summed E-state index contributed by atoms with van der Waals surface area (Å²) >= 11 is 1.17. The summed E-state index contributed by atoms with van der Waals surface area (Å²) in [7, 11) is 0. The lowest BCUT2D eigenvalue weighted by Crippen LogP contribution is -2.15. The van der Waals surface area contributed by atoms with E-state index in [-0.39, 0.29) is 16.8 Å². The Morgan fingerprint density at radius 2 is 1.97 bits per heavy atom. The van der Waals surface area contributed by atoms with E-state index in [2.05, 4.69) is 9.36 Å². The Kier molecular flexibility index (Phi) is 3.35. The Balaban J connectivity index is 1.71. The number of aromatic nitrogens is 3. The number of hydrogen-bond acceptors (Lipinski definition) is 4. The molecule has 0 amide bonds. The van der Waals surface area contributed by atoms with Gasteiger partial charge in [0.25, 0.3) is 5.56 Å². The fourth-order valence-corrected chi connectivity index (χ4v) is 4.94. The number of rotatable bonds is 2. The molecule has 1 aliphatic carbocycles. The van der Waals surface area contributed by atoms with Crippen LogP contribution in [0.1, 0.15) is 18.9 Å². The molecule has 0 saturated heterocycles. The van der Waals surface area contributed by atoms with Gasteiger partial charge in [0.1, 0.15) is 16.0 Å². The smallest absolute Gasteiger partial charge is 0.271 e. The third kappa shape index (κ3) is 2.40. The fourth-order valence-electron chi connectivity index (χ4n) is 4.02. The first kappa shape index (κ1) is 16.6. The van der Waals surface area contributed by atoms with Gasteiger partial charge in [0, 0.05) is 34.8 Å². The molecule has 0 unspecified atom stereocenters. The van der Waals surface area contributed by atoms with Crippen LogP contribution in [0.3, 0.4) is 0 Å². The van der Waals surface area contributed by atoms with Gasteiger partial charge in [-0.15, -0.1) is 0 Å². The van der Waals surface area contributed by atoms with Crippen molar-refractivity contribution in [1.29, 1.82) is 0 Å². The van der Waals surface area contributed by atoms with Crippen LogP contribution in [0.5, 0.6) is 0 Å². The Morgan fingerprint density at radius 1 is 1.10 bits per heavy atom. The van der Waals surface area contributed by atoms with Crippen molar-refractivity contribution in [2.75, 3.05) is 0 Å². The summed E-state index contributed by atoms with van der Waals surface area (Å²) in [6, 6.07) is 10.8. The molecule has 0 radical (unpaired) electrons. The number of benzene rings is 2. The summed E-state index contributed by atoms with van der Waals surface area (Å²) < 4.78 is 19.8. The molecule has 3 aromatic heterocycles. The molecule has 0 atom stereocenters. The first-order chi connectivity index (χ1) is 14.1. The SMILES string of the molecule is O=c1[nH]sc2c1c(=O)c1cc(F)c(-c3ccc4cnccc4c3)cc1n2C1CC1. The minimum atomic E-state index is -0.476. The first-order valence-electron chi connectivity index (χ1n) is 9.35. The molecule has 7 heteroatoms. The van der Waals surface area contributed by atoms with Crippen molar-refractivity contribution in [3.63, 3.8) is 0 Å². The average molecular weight is 403 g/mol. The van der Waals surface area contributed by atoms with E-state index >= 15 is 4.39 Å². The predicted molar refractivity (Wildman–Crippen MR) is 113 cm³/mol. The number of nitrogens with one attached hydrogen (secondary N) is 1. The maximum absolute atomic E-state index is 15.1. The summed E-state index contributed by atoms with van der Waals surface area (Å²) in [6.45, 7) is 0. The Hall–Kier alpha value is -3.32. The molecule has 0 aliphatic heterocycles. The summed E-state index contributed by atoms with van der Waals surface area (Å²) in [5, 5.41) is 2.32. The van der Waals surface area contributed by atoms with Gasteiger partial charge in [0.15, 0.2) is 0 Å². The summed E-state index contributed by atoms with van der Waals surface area (Å²) in [5.41, 5.74) is 1.03. The van der Waals surface area contributed by atoms with Crippen LogP contribution in [0.25, 0.3) is 43.0 Å². The normalized spacial score (nSPS) is 14.2. The molecule has 1 N–H and O–H groups in total. The second kappa shape index (κ2) is 5.84. The highest BCUT2D eigenvalue weighted by molar-refractivity contribution is 7.12. The van der Waals surface area contributed by atoms with Crippen LogP contribution in [0.15, 0.2) is 58.4 Å². The van der Waals surface area contributed by atoms with Gasteiger partial charge in [-0.3, -0.25) is 18.9 Å². The van der Waals surface area contributed by atoms with Crippen molar-refractivity contribution in [1.82, 2.24) is 13.9 Å². The van der Waals surface area contributed by atoms with E-state index < -0.39 is 16.8 Å². The van der Waals surface area contributed by atoms with Gasteiger partial charge >= 0.3 is 0 Å². The number of nitrogens with zero attached hydrogens (tertiary/aromatic N) is 2. The zero-order chi connectivity index (χ0) is 19.7. The predicted octanol–water partition coefficient (Wildman–Crippen LogP) is 4.59. The van der Waals surface area contributed by atoms with E-state index in [4.69, 9.17) is 0 Å². The maximum atomic E-state index is 15.1. The maximum Gasteiger partial charge on any atom is 0.271 e. The molecule has 1 aliphatic rings. The highest BCUT2D eigenvalue weighted by atomic mass is 32.1. The second-order valence-corrected chi connectivity index (χ2v) is 8.23. The summed E-state index contributed by atoms with van der Waals surface area (Å²) in [4.78, 5) is 29.9. The van der Waals surface area contributed by atoms with Crippen LogP contribution in [0.2, 0.25) is 0 Å². The summed E-state index contributed by atoms with van der Waals surface area (Å²) in [5.74, 6) is -0.476. The Bertz CT molecular complexity index is 1580. The first-order valence-corrected chi connectivity index (χ1v) is 10.2. The van der Waals surface area contributed by atoms with Crippen molar-refractivity contribution in [2.45, 2.75) is 18.9 Å². The number of H-pyrrole nitrogens is 1. The van der Waals surface area contributed by atoms with E-state index in [1.54, 1.807) is 18.5 Å². The molecular formula is C22H14FN3O2S. The van der Waals surface area contributed by atoms with Crippen LogP contribution >= 0.6 is 11.5 Å². The molecule has 5 nitrogen and oxygen atoms in total. The van der Waals surface area contributed by atoms with Crippen molar-refractivity contribution in [3.05, 3.63) is 75.2 Å². The van der Waals surface area contributed by atoms with E-state index in [0.717, 1.165) is 29.2 Å². The van der Waals surface area contributed by atoms with Crippen molar-refractivity contribution < 1.29 is 4.39 Å². The zero-order valence-corrected chi connectivity index (χ0v) is 15.9. The lowest BCUT2D eigenvalue weighted by Gasteiger charge is -2.14. The van der Waals surface area contributed by atoms with Crippen molar-refractivity contribution >= 4 is 43.4 Å². The largest absolute Gasteiger partial charge is 0.328 e. The third-order valence-electron chi connectivity index (χ3n) is 5.58. The number of halogens is 1. The highest BCUT2D eigenvalue weighted by Crippen LogP contribution is 2.41. The van der Waals surface area contributed by atoms with Crippen LogP contribution in [-0.4, -0.2) is 13.9 Å². The number of fused-ring (bicyclic) bond motifs is 3. The Labute approximate surface area is 167 Å². The van der Waals surface area contributed by atoms with Crippen LogP contribution in [0.4, 0.5) is 4.39 Å². The molecular weight excluding hydrogens is 389 g/mol. The molecule has 2 aromatic carbocycles. The molecule has 0 spiro atoms. The van der Waals surface area contributed by atoms with Gasteiger partial charge < -0.3 is 4.57 Å². The van der Waals surface area contributed by atoms with E-state index in [1.165, 1.54) is 17.6 Å². The van der Waals surface area contributed by atoms with Crippen LogP contribution in [-0.2, 0) is 0 Å². The van der Waals surface area contributed by atoms with Crippen LogP contribution < -0.4 is 11.0 Å². The second-order valence-electron chi connectivity index (χ2n) is 7.43. The van der Waals surface area contributed by atoms with E-state index in [9.17, 15) is 9.59 Å². The van der Waals surface area contributed by atoms with E-state index in [0.29, 0.717) is 15.9 Å². The Morgan fingerprint density at radius 3 is 2.79 bits per heavy atom. The van der Waals surface area contributed by atoms with Gasteiger partial charge in [-0.05, 0) is 59.6 Å². The van der Waals surface area contributed by atoms with Crippen LogP contribution in [0, 0.1) is 5.82 Å². The minimum absolute atomic E-state index is 0.125. The molecule has 1 fully saturated rings. The van der Waals surface area contributed by atoms with Gasteiger partial charge in [0.05, 0.1) is 5.52 Å². The average Bonchev–Trinajstić information content (AvgIpc) is 3.50. The highest BCUT2D eigenvalue weighted by Gasteiger charge is 2.29. The lowest BCUT2D eigenvalue weighted by molar-refractivity contribution is 0.632. The third-order valence-corrected chi connectivity index (χ3v) is 6.46. The molecule has 3 heterocycles. The zero-order valence-electron chi connectivity index (χ0n) is 15.1. The fraction of sp³-hybridized carbons (Fsp3) is 0.136. The standard InChI is InChI=1S/C22H14FN3O2S/c23-17-8-16-18(9-15(17)12-1-2-13-10-24-6-5-11(13)7-12)26(14-3-4-14)22-19(20(16)27)21(28)25-29-22/h1-2,5-10,14H,3-4H2,(H,25,28). The molecule has 0 bridgehead atoms. The van der Waals surface area contributed by atoms with Gasteiger partial charge in [-0.1, -0.05) is 12.1 Å². The monoisotopic (exact) mass is 403 g/mol. The van der Waals surface area contributed by atoms with E-state index in [1.807, 2.05) is 28.8 Å². The molecule has 1 saturated carbocycles. The molecule has 142 valence electrons. The van der Waals surface area contributed by atoms with Crippen molar-refractivity contribution in [3.8, 4) is 11.1 Å².